The van der Waals surface area contributed by atoms with Gasteiger partial charge in [0.1, 0.15) is 5.75 Å². The van der Waals surface area contributed by atoms with Gasteiger partial charge in [0.25, 0.3) is 0 Å². The maximum Gasteiger partial charge on any atom is 0.365 e. The lowest BCUT2D eigenvalue weighted by atomic mass is 10.3. The van der Waals surface area contributed by atoms with Gasteiger partial charge >= 0.3 is 11.9 Å². The molecule has 15 heavy (non-hydrogen) atoms. The fourth-order valence-electron chi connectivity index (χ4n) is 0.805. The van der Waals surface area contributed by atoms with Crippen molar-refractivity contribution < 1.29 is 24.5 Å². The van der Waals surface area contributed by atoms with Crippen molar-refractivity contribution in [2.24, 2.45) is 0 Å². The van der Waals surface area contributed by atoms with Gasteiger partial charge in [0.05, 0.1) is 0 Å². The number of carbonyl (C=O) groups is 2. The monoisotopic (exact) mass is 208 g/mol. The SMILES string of the molecule is O=C(/C=C\C(=O)Oc1ccccc1)OO. The Bertz CT molecular complexity index is 369. The molecule has 0 spiro atoms. The zero-order chi connectivity index (χ0) is 11.1. The molecule has 1 rings (SSSR count). The summed E-state index contributed by atoms with van der Waals surface area (Å²) in [5.74, 6) is -1.41. The van der Waals surface area contributed by atoms with E-state index in [-0.39, 0.29) is 0 Å². The third kappa shape index (κ3) is 4.06. The highest BCUT2D eigenvalue weighted by Crippen LogP contribution is 2.08. The molecule has 5 heteroatoms. The van der Waals surface area contributed by atoms with Crippen LogP contribution < -0.4 is 4.74 Å². The van der Waals surface area contributed by atoms with Crippen LogP contribution in [0.25, 0.3) is 0 Å². The Balaban J connectivity index is 2.50. The van der Waals surface area contributed by atoms with Crippen LogP contribution in [0.2, 0.25) is 0 Å². The first-order chi connectivity index (χ1) is 7.22. The smallest absolute Gasteiger partial charge is 0.365 e. The van der Waals surface area contributed by atoms with Crippen LogP contribution in [-0.2, 0) is 14.5 Å². The first kappa shape index (κ1) is 10.9. The maximum absolute atomic E-state index is 11.0. The molecular weight excluding hydrogens is 200 g/mol. The van der Waals surface area contributed by atoms with Gasteiger partial charge in [-0.05, 0) is 12.1 Å². The summed E-state index contributed by atoms with van der Waals surface area (Å²) in [5.41, 5.74) is 0. The molecule has 0 saturated heterocycles. The van der Waals surface area contributed by atoms with Crippen LogP contribution in [0.4, 0.5) is 0 Å². The largest absolute Gasteiger partial charge is 0.423 e. The number of esters is 1. The molecule has 0 fully saturated rings. The summed E-state index contributed by atoms with van der Waals surface area (Å²) in [5, 5.41) is 7.88. The standard InChI is InChI=1S/C10H8O5/c11-9(6-7-10(12)15-13)14-8-4-2-1-3-5-8/h1-7,13H/b7-6-. The molecule has 0 unspecified atom stereocenters. The van der Waals surface area contributed by atoms with E-state index < -0.39 is 11.9 Å². The van der Waals surface area contributed by atoms with Crippen LogP contribution in [0.5, 0.6) is 5.75 Å². The van der Waals surface area contributed by atoms with Crippen molar-refractivity contribution in [1.82, 2.24) is 0 Å². The second-order valence-electron chi connectivity index (χ2n) is 2.48. The average molecular weight is 208 g/mol. The first-order valence-corrected chi connectivity index (χ1v) is 4.02. The van der Waals surface area contributed by atoms with Crippen molar-refractivity contribution in [3.8, 4) is 5.75 Å². The minimum absolute atomic E-state index is 0.365. The van der Waals surface area contributed by atoms with Crippen LogP contribution in [0.3, 0.4) is 0 Å². The summed E-state index contributed by atoms with van der Waals surface area (Å²) < 4.78 is 4.79. The highest BCUT2D eigenvalue weighted by atomic mass is 17.1. The normalized spacial score (nSPS) is 9.93. The van der Waals surface area contributed by atoms with Gasteiger partial charge in [0.15, 0.2) is 0 Å². The highest BCUT2D eigenvalue weighted by molar-refractivity contribution is 5.92. The number of ether oxygens (including phenoxy) is 1. The molecule has 0 radical (unpaired) electrons. The van der Waals surface area contributed by atoms with Gasteiger partial charge in [-0.1, -0.05) is 18.2 Å². The molecule has 1 aromatic carbocycles. The highest BCUT2D eigenvalue weighted by Gasteiger charge is 2.01. The van der Waals surface area contributed by atoms with Crippen molar-refractivity contribution in [1.29, 1.82) is 0 Å². The molecule has 0 aliphatic heterocycles. The lowest BCUT2D eigenvalue weighted by Gasteiger charge is -1.98. The molecule has 0 saturated carbocycles. The molecule has 0 aliphatic carbocycles. The minimum atomic E-state index is -1.04. The third-order valence-electron chi connectivity index (χ3n) is 1.41. The molecule has 0 bridgehead atoms. The van der Waals surface area contributed by atoms with Gasteiger partial charge < -0.3 is 4.74 Å². The molecule has 0 aromatic heterocycles. The first-order valence-electron chi connectivity index (χ1n) is 4.02. The summed E-state index contributed by atoms with van der Waals surface area (Å²) in [6.07, 6.45) is 1.61. The third-order valence-corrected chi connectivity index (χ3v) is 1.41. The molecule has 0 heterocycles. The summed E-state index contributed by atoms with van der Waals surface area (Å²) in [6, 6.07) is 8.37. The molecule has 1 N–H and O–H groups in total. The van der Waals surface area contributed by atoms with Crippen LogP contribution in [0.15, 0.2) is 42.5 Å². The number of rotatable bonds is 3. The van der Waals surface area contributed by atoms with Gasteiger partial charge in [-0.2, -0.15) is 5.26 Å². The Labute approximate surface area is 85.5 Å². The quantitative estimate of drug-likeness (QED) is 0.265. The lowest BCUT2D eigenvalue weighted by Crippen LogP contribution is -2.05. The lowest BCUT2D eigenvalue weighted by molar-refractivity contribution is -0.228. The number of benzene rings is 1. The second-order valence-corrected chi connectivity index (χ2v) is 2.48. The zero-order valence-electron chi connectivity index (χ0n) is 7.62. The van der Waals surface area contributed by atoms with Crippen LogP contribution in [0.1, 0.15) is 0 Å². The molecule has 0 atom stereocenters. The Morgan fingerprint density at radius 1 is 1.07 bits per heavy atom. The predicted octanol–water partition coefficient (Wildman–Crippen LogP) is 1.16. The van der Waals surface area contributed by atoms with E-state index in [1.807, 2.05) is 0 Å². The minimum Gasteiger partial charge on any atom is -0.423 e. The topological polar surface area (TPSA) is 72.8 Å². The van der Waals surface area contributed by atoms with E-state index in [4.69, 9.17) is 9.99 Å². The van der Waals surface area contributed by atoms with E-state index in [1.54, 1.807) is 30.3 Å². The van der Waals surface area contributed by atoms with Crippen molar-refractivity contribution in [3.63, 3.8) is 0 Å². The maximum atomic E-state index is 11.0. The van der Waals surface area contributed by atoms with Crippen molar-refractivity contribution in [2.45, 2.75) is 0 Å². The van der Waals surface area contributed by atoms with Crippen molar-refractivity contribution in [3.05, 3.63) is 42.5 Å². The van der Waals surface area contributed by atoms with E-state index in [2.05, 4.69) is 4.89 Å². The van der Waals surface area contributed by atoms with Gasteiger partial charge in [-0.15, -0.1) is 0 Å². The van der Waals surface area contributed by atoms with Crippen molar-refractivity contribution in [2.75, 3.05) is 0 Å². The number of hydrogen-bond acceptors (Lipinski definition) is 5. The second kappa shape index (κ2) is 5.56. The van der Waals surface area contributed by atoms with Crippen LogP contribution in [0, 0.1) is 0 Å². The molecular formula is C10H8O5. The molecule has 0 amide bonds. The Morgan fingerprint density at radius 3 is 2.27 bits per heavy atom. The van der Waals surface area contributed by atoms with E-state index in [9.17, 15) is 9.59 Å². The molecule has 5 nitrogen and oxygen atoms in total. The molecule has 78 valence electrons. The van der Waals surface area contributed by atoms with E-state index in [0.29, 0.717) is 5.75 Å². The summed E-state index contributed by atoms with van der Waals surface area (Å²) >= 11 is 0. The number of carbonyl (C=O) groups excluding carboxylic acids is 2. The predicted molar refractivity (Wildman–Crippen MR) is 49.9 cm³/mol. The molecule has 1 aromatic rings. The van der Waals surface area contributed by atoms with Crippen LogP contribution in [-0.4, -0.2) is 17.2 Å². The van der Waals surface area contributed by atoms with Gasteiger partial charge in [-0.3, -0.25) is 4.89 Å². The summed E-state index contributed by atoms with van der Waals surface area (Å²) in [7, 11) is 0. The Morgan fingerprint density at radius 2 is 1.67 bits per heavy atom. The zero-order valence-corrected chi connectivity index (χ0v) is 7.62. The summed E-state index contributed by atoms with van der Waals surface area (Å²) in [4.78, 5) is 24.8. The summed E-state index contributed by atoms with van der Waals surface area (Å²) in [6.45, 7) is 0. The fraction of sp³-hybridized carbons (Fsp3) is 0. The van der Waals surface area contributed by atoms with E-state index in [0.717, 1.165) is 12.2 Å². The Kier molecular flexibility index (Phi) is 4.05. The van der Waals surface area contributed by atoms with E-state index >= 15 is 0 Å². The molecule has 0 aliphatic rings. The number of hydrogen-bond donors (Lipinski definition) is 1. The van der Waals surface area contributed by atoms with E-state index in [1.165, 1.54) is 0 Å². The van der Waals surface area contributed by atoms with Crippen LogP contribution >= 0.6 is 0 Å². The van der Waals surface area contributed by atoms with Gasteiger partial charge in [0.2, 0.25) is 0 Å². The van der Waals surface area contributed by atoms with Gasteiger partial charge in [-0.25, -0.2) is 9.59 Å². The number of para-hydroxylation sites is 1. The average Bonchev–Trinajstić information content (AvgIpc) is 2.27. The Hall–Kier alpha value is -2.14. The van der Waals surface area contributed by atoms with Crippen molar-refractivity contribution >= 4 is 11.9 Å². The fourth-order valence-corrected chi connectivity index (χ4v) is 0.805. The van der Waals surface area contributed by atoms with Gasteiger partial charge in [0, 0.05) is 12.2 Å².